The molecule has 2 fully saturated rings. The minimum absolute atomic E-state index is 0.00635. The van der Waals surface area contributed by atoms with E-state index in [9.17, 15) is 24.9 Å². The molecule has 3 aliphatic heterocycles. The predicted molar refractivity (Wildman–Crippen MR) is 183 cm³/mol. The molecule has 2 saturated heterocycles. The number of amides is 1. The summed E-state index contributed by atoms with van der Waals surface area (Å²) >= 11 is 0. The Kier molecular flexibility index (Phi) is 15.0. The molecule has 1 amide bonds. The molecule has 0 aromatic heterocycles. The zero-order chi connectivity index (χ0) is 34.9. The lowest BCUT2D eigenvalue weighted by Crippen LogP contribution is -2.39. The van der Waals surface area contributed by atoms with Gasteiger partial charge in [0.25, 0.3) is 0 Å². The van der Waals surface area contributed by atoms with E-state index in [2.05, 4.69) is 18.7 Å². The van der Waals surface area contributed by atoms with Crippen molar-refractivity contribution in [1.82, 2.24) is 9.80 Å². The Balaban J connectivity index is 1.71. The summed E-state index contributed by atoms with van der Waals surface area (Å²) in [6.45, 7) is 18.8. The summed E-state index contributed by atoms with van der Waals surface area (Å²) in [5, 5.41) is 31.8. The number of carbonyl (C=O) groups is 2. The molecule has 10 heteroatoms. The van der Waals surface area contributed by atoms with Crippen LogP contribution in [0, 0.1) is 17.8 Å². The van der Waals surface area contributed by atoms with E-state index >= 15 is 0 Å². The Hall–Kier alpha value is -2.24. The predicted octanol–water partition coefficient (Wildman–Crippen LogP) is 5.01. The van der Waals surface area contributed by atoms with Gasteiger partial charge in [-0.3, -0.25) is 9.69 Å². The van der Waals surface area contributed by atoms with Gasteiger partial charge in [-0.1, -0.05) is 52.0 Å². The molecule has 268 valence electrons. The fraction of sp³-hybridized carbons (Fsp3) is 0.784. The summed E-state index contributed by atoms with van der Waals surface area (Å²) in [5.74, 6) is -0.777. The fourth-order valence-corrected chi connectivity index (χ4v) is 6.63. The van der Waals surface area contributed by atoms with Crippen LogP contribution in [0.2, 0.25) is 0 Å². The molecular weight excluding hydrogens is 600 g/mol. The van der Waals surface area contributed by atoms with Gasteiger partial charge in [0.05, 0.1) is 36.4 Å². The SMILES string of the molecule is CCC(O)C(C)C1OC1CC(C)(O)C=CC=C(C)C1OC(=O)CC(O)CCC(C)C(OC(=O)N2CCCN(C(C)C)CC2)C=CC1C. The zero-order valence-corrected chi connectivity index (χ0v) is 30.0. The molecule has 10 unspecified atom stereocenters. The highest BCUT2D eigenvalue weighted by Gasteiger charge is 2.47. The van der Waals surface area contributed by atoms with Gasteiger partial charge >= 0.3 is 12.1 Å². The lowest BCUT2D eigenvalue weighted by Gasteiger charge is -2.29. The number of rotatable bonds is 10. The summed E-state index contributed by atoms with van der Waals surface area (Å²) in [6, 6.07) is 0.427. The van der Waals surface area contributed by atoms with Crippen LogP contribution >= 0.6 is 0 Å². The van der Waals surface area contributed by atoms with E-state index in [-0.39, 0.29) is 42.5 Å². The number of allylic oxidation sites excluding steroid dienone is 2. The van der Waals surface area contributed by atoms with Gasteiger partial charge in [0.2, 0.25) is 0 Å². The van der Waals surface area contributed by atoms with Crippen molar-refractivity contribution in [2.75, 3.05) is 26.2 Å². The lowest BCUT2D eigenvalue weighted by molar-refractivity contribution is -0.151. The maximum atomic E-state index is 13.3. The summed E-state index contributed by atoms with van der Waals surface area (Å²) in [7, 11) is 0. The third-order valence-corrected chi connectivity index (χ3v) is 10.1. The van der Waals surface area contributed by atoms with Gasteiger partial charge in [0, 0.05) is 50.5 Å². The molecule has 0 radical (unpaired) electrons. The summed E-state index contributed by atoms with van der Waals surface area (Å²) < 4.78 is 17.8. The van der Waals surface area contributed by atoms with Crippen molar-refractivity contribution in [2.24, 2.45) is 17.8 Å². The number of ether oxygens (including phenoxy) is 3. The van der Waals surface area contributed by atoms with Crippen LogP contribution in [0.3, 0.4) is 0 Å². The van der Waals surface area contributed by atoms with Gasteiger partial charge in [-0.25, -0.2) is 4.79 Å². The molecule has 0 aliphatic carbocycles. The number of cyclic esters (lactones) is 1. The van der Waals surface area contributed by atoms with E-state index in [1.165, 1.54) is 0 Å². The Morgan fingerprint density at radius 1 is 1.15 bits per heavy atom. The smallest absolute Gasteiger partial charge is 0.410 e. The van der Waals surface area contributed by atoms with Crippen molar-refractivity contribution in [3.8, 4) is 0 Å². The number of aliphatic hydroxyl groups is 3. The van der Waals surface area contributed by atoms with Crippen molar-refractivity contribution in [2.45, 2.75) is 142 Å². The fourth-order valence-electron chi connectivity index (χ4n) is 6.63. The monoisotopic (exact) mass is 662 g/mol. The molecule has 0 aromatic rings. The maximum Gasteiger partial charge on any atom is 0.410 e. The van der Waals surface area contributed by atoms with Crippen molar-refractivity contribution in [1.29, 1.82) is 0 Å². The molecule has 3 rings (SSSR count). The normalized spacial score (nSPS) is 32.9. The van der Waals surface area contributed by atoms with Crippen molar-refractivity contribution >= 4 is 12.1 Å². The number of carbonyl (C=O) groups excluding carboxylic acids is 2. The number of hydrogen-bond donors (Lipinski definition) is 3. The van der Waals surface area contributed by atoms with Crippen molar-refractivity contribution in [3.05, 3.63) is 36.0 Å². The van der Waals surface area contributed by atoms with Crippen molar-refractivity contribution < 1.29 is 39.1 Å². The number of esters is 1. The zero-order valence-electron chi connectivity index (χ0n) is 30.0. The first-order valence-electron chi connectivity index (χ1n) is 17.8. The molecule has 10 atom stereocenters. The lowest BCUT2D eigenvalue weighted by atomic mass is 9.91. The number of aliphatic hydroxyl groups excluding tert-OH is 2. The molecule has 0 bridgehead atoms. The highest BCUT2D eigenvalue weighted by molar-refractivity contribution is 5.70. The summed E-state index contributed by atoms with van der Waals surface area (Å²) in [5.41, 5.74) is -0.352. The maximum absolute atomic E-state index is 13.3. The van der Waals surface area contributed by atoms with Crippen LogP contribution in [0.4, 0.5) is 4.79 Å². The summed E-state index contributed by atoms with van der Waals surface area (Å²) in [4.78, 5) is 30.3. The second-order valence-corrected chi connectivity index (χ2v) is 14.7. The van der Waals surface area contributed by atoms with Crippen molar-refractivity contribution in [3.63, 3.8) is 0 Å². The van der Waals surface area contributed by atoms with Gasteiger partial charge in [0.15, 0.2) is 0 Å². The first kappa shape index (κ1) is 39.2. The third-order valence-electron chi connectivity index (χ3n) is 10.1. The molecule has 0 saturated carbocycles. The number of epoxide rings is 1. The van der Waals surface area contributed by atoms with Gasteiger partial charge in [0.1, 0.15) is 12.2 Å². The van der Waals surface area contributed by atoms with Gasteiger partial charge in [-0.05, 0) is 70.9 Å². The Labute approximate surface area is 282 Å². The van der Waals surface area contributed by atoms with Crippen LogP contribution < -0.4 is 0 Å². The van der Waals surface area contributed by atoms with E-state index in [4.69, 9.17) is 14.2 Å². The Morgan fingerprint density at radius 3 is 2.55 bits per heavy atom. The van der Waals surface area contributed by atoms with Crippen LogP contribution in [0.15, 0.2) is 36.0 Å². The van der Waals surface area contributed by atoms with E-state index in [1.54, 1.807) is 24.0 Å². The first-order valence-corrected chi connectivity index (χ1v) is 17.8. The number of hydrogen-bond acceptors (Lipinski definition) is 9. The topological polar surface area (TPSA) is 132 Å². The molecule has 47 heavy (non-hydrogen) atoms. The minimum atomic E-state index is -1.13. The molecule has 3 aliphatic rings. The minimum Gasteiger partial charge on any atom is -0.457 e. The molecule has 3 N–H and O–H groups in total. The first-order chi connectivity index (χ1) is 22.1. The number of nitrogens with zero attached hydrogens (tertiary/aromatic N) is 2. The van der Waals surface area contributed by atoms with Gasteiger partial charge < -0.3 is 34.4 Å². The highest BCUT2D eigenvalue weighted by atomic mass is 16.6. The molecule has 3 heterocycles. The van der Waals surface area contributed by atoms with E-state index in [0.29, 0.717) is 44.8 Å². The Bertz CT molecular complexity index is 1100. The second-order valence-electron chi connectivity index (χ2n) is 14.7. The molecule has 10 nitrogen and oxygen atoms in total. The van der Waals surface area contributed by atoms with Crippen LogP contribution in [-0.4, -0.2) is 112 Å². The van der Waals surface area contributed by atoms with Crippen LogP contribution in [-0.2, 0) is 19.0 Å². The van der Waals surface area contributed by atoms with E-state index < -0.39 is 36.0 Å². The van der Waals surface area contributed by atoms with E-state index in [0.717, 1.165) is 25.1 Å². The van der Waals surface area contributed by atoms with E-state index in [1.807, 2.05) is 52.8 Å². The average molecular weight is 663 g/mol. The molecule has 0 aromatic carbocycles. The summed E-state index contributed by atoms with van der Waals surface area (Å²) in [6.07, 6.45) is 9.06. The Morgan fingerprint density at radius 2 is 1.87 bits per heavy atom. The average Bonchev–Trinajstić information content (AvgIpc) is 3.81. The largest absolute Gasteiger partial charge is 0.457 e. The quantitative estimate of drug-likeness (QED) is 0.128. The second kappa shape index (κ2) is 18.0. The van der Waals surface area contributed by atoms with Crippen LogP contribution in [0.1, 0.15) is 93.9 Å². The van der Waals surface area contributed by atoms with Crippen LogP contribution in [0.5, 0.6) is 0 Å². The van der Waals surface area contributed by atoms with Crippen LogP contribution in [0.25, 0.3) is 0 Å². The van der Waals surface area contributed by atoms with Gasteiger partial charge in [-0.15, -0.1) is 0 Å². The molecule has 0 spiro atoms. The standard InChI is InChI=1S/C37H62N2O8/c1-9-30(41)28(7)35-32(45-35)23-37(8,44)17-10-12-26(5)34-27(6)14-16-31(25(4)13-15-29(40)22-33(42)47-34)46-36(43)39-19-11-18-38(20-21-39)24(2)3/h10,12,14,16-17,24-25,27-32,34-35,40-41,44H,9,11,13,15,18-23H2,1-8H3. The highest BCUT2D eigenvalue weighted by Crippen LogP contribution is 2.37. The molecular formula is C37H62N2O8. The van der Waals surface area contributed by atoms with Gasteiger partial charge in [-0.2, -0.15) is 0 Å². The third kappa shape index (κ3) is 12.3.